The van der Waals surface area contributed by atoms with Crippen LogP contribution >= 0.6 is 0 Å². The maximum atomic E-state index is 12.4. The molecule has 2 rings (SSSR count). The van der Waals surface area contributed by atoms with E-state index in [1.54, 1.807) is 13.0 Å². The Labute approximate surface area is 154 Å². The molecule has 0 radical (unpaired) electrons. The van der Waals surface area contributed by atoms with Gasteiger partial charge >= 0.3 is 0 Å². The molecule has 1 atom stereocenters. The molecule has 0 aromatic heterocycles. The van der Waals surface area contributed by atoms with Crippen LogP contribution in [0.2, 0.25) is 0 Å². The molecule has 0 aliphatic heterocycles. The number of non-ortho nitro benzene ring substituents is 1. The summed E-state index contributed by atoms with van der Waals surface area (Å²) >= 11 is 0. The fourth-order valence-corrected chi connectivity index (χ4v) is 4.01. The van der Waals surface area contributed by atoms with Crippen LogP contribution in [0.5, 0.6) is 0 Å². The van der Waals surface area contributed by atoms with E-state index in [-0.39, 0.29) is 16.9 Å². The molecule has 2 aromatic carbocycles. The van der Waals surface area contributed by atoms with Crippen molar-refractivity contribution in [2.24, 2.45) is 0 Å². The smallest absolute Gasteiger partial charge is 0.258 e. The number of nitrogens with zero attached hydrogens (tertiary/aromatic N) is 1. The first-order chi connectivity index (χ1) is 12.0. The predicted molar refractivity (Wildman–Crippen MR) is 102 cm³/mol. The van der Waals surface area contributed by atoms with Gasteiger partial charge in [-0.2, -0.15) is 0 Å². The van der Waals surface area contributed by atoms with Crippen molar-refractivity contribution in [3.8, 4) is 0 Å². The number of nitro benzene ring substituents is 1. The number of nitrogens with one attached hydrogen (secondary N) is 1. The Balaban J connectivity index is 2.11. The second-order valence-electron chi connectivity index (χ2n) is 7.40. The largest absolute Gasteiger partial charge is 0.269 e. The van der Waals surface area contributed by atoms with Gasteiger partial charge < -0.3 is 0 Å². The molecule has 0 unspecified atom stereocenters. The highest BCUT2D eigenvalue weighted by atomic mass is 32.2. The molecule has 2 aromatic rings. The van der Waals surface area contributed by atoms with Gasteiger partial charge in [0.15, 0.2) is 0 Å². The topological polar surface area (TPSA) is 89.3 Å². The molecule has 7 heteroatoms. The van der Waals surface area contributed by atoms with Crippen molar-refractivity contribution < 1.29 is 13.3 Å². The van der Waals surface area contributed by atoms with Crippen LogP contribution in [0, 0.1) is 10.1 Å². The van der Waals surface area contributed by atoms with Crippen LogP contribution < -0.4 is 4.72 Å². The molecule has 0 aliphatic rings. The summed E-state index contributed by atoms with van der Waals surface area (Å²) in [7, 11) is -3.64. The van der Waals surface area contributed by atoms with Gasteiger partial charge in [-0.3, -0.25) is 10.1 Å². The van der Waals surface area contributed by atoms with Gasteiger partial charge in [-0.15, -0.1) is 0 Å². The van der Waals surface area contributed by atoms with Gasteiger partial charge in [0.05, 0.1) is 10.7 Å². The number of sulfonamides is 1. The second kappa shape index (κ2) is 7.55. The minimum atomic E-state index is -3.64. The lowest BCUT2D eigenvalue weighted by Gasteiger charge is -2.20. The monoisotopic (exact) mass is 376 g/mol. The van der Waals surface area contributed by atoms with Crippen LogP contribution in [0.3, 0.4) is 0 Å². The normalized spacial score (nSPS) is 13.4. The number of nitro groups is 1. The molecule has 1 N–H and O–H groups in total. The SMILES string of the molecule is C[C@@H](NS(=O)(=O)Cc1cccc([N+](=O)[O-])c1)c1ccc(C(C)(C)C)cc1. The van der Waals surface area contributed by atoms with Crippen molar-refractivity contribution >= 4 is 15.7 Å². The van der Waals surface area contributed by atoms with Crippen LogP contribution in [-0.2, 0) is 21.2 Å². The summed E-state index contributed by atoms with van der Waals surface area (Å²) in [6, 6.07) is 13.1. The Morgan fingerprint density at radius 1 is 1.12 bits per heavy atom. The fourth-order valence-electron chi connectivity index (χ4n) is 2.63. The Bertz CT molecular complexity index is 885. The van der Waals surface area contributed by atoms with Gasteiger partial charge in [0, 0.05) is 18.2 Å². The highest BCUT2D eigenvalue weighted by Crippen LogP contribution is 2.24. The molecule has 0 amide bonds. The van der Waals surface area contributed by atoms with Gasteiger partial charge in [-0.1, -0.05) is 57.2 Å². The van der Waals surface area contributed by atoms with Crippen LogP contribution in [0.4, 0.5) is 5.69 Å². The summed E-state index contributed by atoms with van der Waals surface area (Å²) in [5.41, 5.74) is 2.32. The molecule has 0 saturated carbocycles. The van der Waals surface area contributed by atoms with Crippen molar-refractivity contribution in [2.75, 3.05) is 0 Å². The van der Waals surface area contributed by atoms with E-state index in [0.29, 0.717) is 5.56 Å². The zero-order valence-electron chi connectivity index (χ0n) is 15.4. The van der Waals surface area contributed by atoms with Crippen LogP contribution in [0.15, 0.2) is 48.5 Å². The summed E-state index contributed by atoms with van der Waals surface area (Å²) in [6.07, 6.45) is 0. The third kappa shape index (κ3) is 5.37. The number of hydrogen-bond acceptors (Lipinski definition) is 4. The van der Waals surface area contributed by atoms with Crippen LogP contribution in [-0.4, -0.2) is 13.3 Å². The van der Waals surface area contributed by atoms with E-state index < -0.39 is 21.0 Å². The highest BCUT2D eigenvalue weighted by Gasteiger charge is 2.19. The minimum absolute atomic E-state index is 0.0311. The lowest BCUT2D eigenvalue weighted by molar-refractivity contribution is -0.384. The van der Waals surface area contributed by atoms with E-state index in [1.807, 2.05) is 24.3 Å². The van der Waals surface area contributed by atoms with Gasteiger partial charge in [0.2, 0.25) is 10.0 Å². The molecule has 6 nitrogen and oxygen atoms in total. The average molecular weight is 376 g/mol. The third-order valence-electron chi connectivity index (χ3n) is 4.11. The van der Waals surface area contributed by atoms with E-state index >= 15 is 0 Å². The second-order valence-corrected chi connectivity index (χ2v) is 9.15. The van der Waals surface area contributed by atoms with E-state index in [0.717, 1.165) is 5.56 Å². The standard InChI is InChI=1S/C19H24N2O4S/c1-14(16-8-10-17(11-9-16)19(2,3)4)20-26(24,25)13-15-6-5-7-18(12-15)21(22)23/h5-12,14,20H,13H2,1-4H3/t14-/m1/s1. The molecule has 0 saturated heterocycles. The lowest BCUT2D eigenvalue weighted by Crippen LogP contribution is -2.28. The van der Waals surface area contributed by atoms with Crippen molar-refractivity contribution in [1.82, 2.24) is 4.72 Å². The van der Waals surface area contributed by atoms with Crippen molar-refractivity contribution in [2.45, 2.75) is 44.9 Å². The first-order valence-electron chi connectivity index (χ1n) is 8.32. The van der Waals surface area contributed by atoms with E-state index in [2.05, 4.69) is 25.5 Å². The molecule has 0 fully saturated rings. The van der Waals surface area contributed by atoms with Gasteiger partial charge in [0.25, 0.3) is 5.69 Å². The number of hydrogen-bond donors (Lipinski definition) is 1. The maximum Gasteiger partial charge on any atom is 0.269 e. The van der Waals surface area contributed by atoms with Crippen molar-refractivity contribution in [3.05, 3.63) is 75.3 Å². The molecule has 26 heavy (non-hydrogen) atoms. The number of benzene rings is 2. The Morgan fingerprint density at radius 2 is 1.73 bits per heavy atom. The van der Waals surface area contributed by atoms with Crippen molar-refractivity contribution in [1.29, 1.82) is 0 Å². The Hall–Kier alpha value is -2.25. The molecule has 0 spiro atoms. The van der Waals surface area contributed by atoms with E-state index in [4.69, 9.17) is 0 Å². The Kier molecular flexibility index (Phi) is 5.83. The summed E-state index contributed by atoms with van der Waals surface area (Å²) in [5, 5.41) is 10.8. The molecule has 0 heterocycles. The molecule has 140 valence electrons. The van der Waals surface area contributed by atoms with Gasteiger partial charge in [0.1, 0.15) is 0 Å². The van der Waals surface area contributed by atoms with Gasteiger partial charge in [-0.05, 0) is 29.0 Å². The van der Waals surface area contributed by atoms with Crippen LogP contribution in [0.1, 0.15) is 50.4 Å². The molecule has 0 aliphatic carbocycles. The Morgan fingerprint density at radius 3 is 2.27 bits per heavy atom. The molecule has 0 bridgehead atoms. The van der Waals surface area contributed by atoms with Crippen LogP contribution in [0.25, 0.3) is 0 Å². The first kappa shape index (κ1) is 20.1. The number of rotatable bonds is 6. The summed E-state index contributed by atoms with van der Waals surface area (Å²) in [5.74, 6) is -0.306. The zero-order chi connectivity index (χ0) is 19.5. The molecular formula is C19H24N2O4S. The predicted octanol–water partition coefficient (Wildman–Crippen LogP) is 4.07. The summed E-state index contributed by atoms with van der Waals surface area (Å²) in [4.78, 5) is 10.3. The van der Waals surface area contributed by atoms with E-state index in [9.17, 15) is 18.5 Å². The quantitative estimate of drug-likeness (QED) is 0.608. The van der Waals surface area contributed by atoms with Gasteiger partial charge in [-0.25, -0.2) is 13.1 Å². The lowest BCUT2D eigenvalue weighted by atomic mass is 9.86. The van der Waals surface area contributed by atoms with E-state index in [1.165, 1.54) is 23.8 Å². The zero-order valence-corrected chi connectivity index (χ0v) is 16.2. The third-order valence-corrected chi connectivity index (χ3v) is 5.54. The highest BCUT2D eigenvalue weighted by molar-refractivity contribution is 7.88. The maximum absolute atomic E-state index is 12.4. The van der Waals surface area contributed by atoms with Crippen molar-refractivity contribution in [3.63, 3.8) is 0 Å². The summed E-state index contributed by atoms with van der Waals surface area (Å²) in [6.45, 7) is 8.13. The average Bonchev–Trinajstić information content (AvgIpc) is 2.53. The molecular weight excluding hydrogens is 352 g/mol. The first-order valence-corrected chi connectivity index (χ1v) is 9.97. The minimum Gasteiger partial charge on any atom is -0.258 e. The fraction of sp³-hybridized carbons (Fsp3) is 0.368. The summed E-state index contributed by atoms with van der Waals surface area (Å²) < 4.78 is 27.5.